The highest BCUT2D eigenvalue weighted by Crippen LogP contribution is 2.26. The highest BCUT2D eigenvalue weighted by Gasteiger charge is 2.22. The molecule has 2 aromatic heterocycles. The molecule has 1 saturated heterocycles. The van der Waals surface area contributed by atoms with E-state index in [0.717, 1.165) is 68.6 Å². The maximum atomic E-state index is 5.93. The molecule has 128 valence electrons. The summed E-state index contributed by atoms with van der Waals surface area (Å²) in [5, 5.41) is 6.53. The Morgan fingerprint density at radius 2 is 2.25 bits per heavy atom. The normalized spacial score (nSPS) is 20.7. The molecule has 2 aromatic rings. The summed E-state index contributed by atoms with van der Waals surface area (Å²) >= 11 is 1.67. The van der Waals surface area contributed by atoms with Gasteiger partial charge in [-0.1, -0.05) is 0 Å². The largest absolute Gasteiger partial charge is 0.376 e. The topological polar surface area (TPSA) is 89.2 Å². The van der Waals surface area contributed by atoms with Crippen molar-refractivity contribution in [2.45, 2.75) is 31.8 Å². The van der Waals surface area contributed by atoms with Crippen LogP contribution >= 0.6 is 11.3 Å². The van der Waals surface area contributed by atoms with E-state index in [-0.39, 0.29) is 6.10 Å². The van der Waals surface area contributed by atoms with Gasteiger partial charge in [0.25, 0.3) is 0 Å². The van der Waals surface area contributed by atoms with E-state index in [0.29, 0.717) is 5.95 Å². The van der Waals surface area contributed by atoms with Gasteiger partial charge in [0.1, 0.15) is 5.82 Å². The third-order valence-corrected chi connectivity index (χ3v) is 5.40. The Labute approximate surface area is 145 Å². The van der Waals surface area contributed by atoms with Crippen LogP contribution < -0.4 is 16.0 Å². The number of hydrogen-bond donors (Lipinski definition) is 2. The molecular weight excluding hydrogens is 324 g/mol. The van der Waals surface area contributed by atoms with Gasteiger partial charge < -0.3 is 20.7 Å². The molecule has 2 aliphatic heterocycles. The Balaban J connectivity index is 1.52. The fourth-order valence-corrected chi connectivity index (χ4v) is 4.04. The number of ether oxygens (including phenoxy) is 1. The zero-order chi connectivity index (χ0) is 16.4. The summed E-state index contributed by atoms with van der Waals surface area (Å²) in [6, 6.07) is 0. The van der Waals surface area contributed by atoms with Crippen LogP contribution in [-0.4, -0.2) is 47.3 Å². The minimum Gasteiger partial charge on any atom is -0.376 e. The smallest absolute Gasteiger partial charge is 0.222 e. The molecule has 0 unspecified atom stereocenters. The van der Waals surface area contributed by atoms with Crippen LogP contribution in [0.15, 0.2) is 11.6 Å². The summed E-state index contributed by atoms with van der Waals surface area (Å²) < 4.78 is 5.69. The van der Waals surface area contributed by atoms with Crippen molar-refractivity contribution in [3.63, 3.8) is 0 Å². The number of anilines is 3. The van der Waals surface area contributed by atoms with Gasteiger partial charge in [-0.15, -0.1) is 11.3 Å². The van der Waals surface area contributed by atoms with E-state index in [1.54, 1.807) is 11.3 Å². The van der Waals surface area contributed by atoms with Crippen molar-refractivity contribution < 1.29 is 4.74 Å². The molecule has 24 heavy (non-hydrogen) atoms. The fraction of sp³-hybridized carbons (Fsp3) is 0.562. The van der Waals surface area contributed by atoms with Crippen molar-refractivity contribution in [3.05, 3.63) is 22.8 Å². The second-order valence-corrected chi connectivity index (χ2v) is 7.05. The second-order valence-electron chi connectivity index (χ2n) is 6.17. The van der Waals surface area contributed by atoms with Gasteiger partial charge in [-0.05, 0) is 19.3 Å². The van der Waals surface area contributed by atoms with E-state index in [1.807, 2.05) is 11.6 Å². The summed E-state index contributed by atoms with van der Waals surface area (Å²) in [4.78, 5) is 15.7. The van der Waals surface area contributed by atoms with E-state index in [2.05, 4.69) is 25.2 Å². The molecule has 0 bridgehead atoms. The van der Waals surface area contributed by atoms with Crippen molar-refractivity contribution in [3.8, 4) is 0 Å². The summed E-state index contributed by atoms with van der Waals surface area (Å²) in [6.45, 7) is 3.46. The molecule has 7 nitrogen and oxygen atoms in total. The zero-order valence-corrected chi connectivity index (χ0v) is 14.4. The molecule has 1 fully saturated rings. The standard InChI is InChI=1S/C16H22N6OS/c17-15-20-13-4-7-22(16-18-5-9-24-16)6-3-12(13)14(21-15)19-10-11-2-1-8-23-11/h5,9,11H,1-4,6-8,10H2,(H3,17,19,20,21)/t11-/m1/s1. The molecule has 4 rings (SSSR count). The van der Waals surface area contributed by atoms with Crippen LogP contribution in [0.2, 0.25) is 0 Å². The molecule has 0 aromatic carbocycles. The predicted octanol–water partition coefficient (Wildman–Crippen LogP) is 1.71. The Bertz CT molecular complexity index is 686. The molecule has 0 spiro atoms. The summed E-state index contributed by atoms with van der Waals surface area (Å²) in [5.74, 6) is 1.21. The van der Waals surface area contributed by atoms with E-state index in [1.165, 1.54) is 5.56 Å². The number of aromatic nitrogens is 3. The molecule has 2 aliphatic rings. The number of nitrogens with zero attached hydrogens (tertiary/aromatic N) is 4. The van der Waals surface area contributed by atoms with Gasteiger partial charge in [-0.25, -0.2) is 9.97 Å². The molecule has 0 aliphatic carbocycles. The lowest BCUT2D eigenvalue weighted by molar-refractivity contribution is 0.120. The van der Waals surface area contributed by atoms with Crippen molar-refractivity contribution in [2.75, 3.05) is 42.2 Å². The number of nitrogen functional groups attached to an aromatic ring is 1. The first-order valence-corrected chi connectivity index (χ1v) is 9.33. The van der Waals surface area contributed by atoms with Crippen LogP contribution in [0.1, 0.15) is 24.1 Å². The first-order valence-electron chi connectivity index (χ1n) is 8.45. The number of hydrogen-bond acceptors (Lipinski definition) is 8. The van der Waals surface area contributed by atoms with Crippen LogP contribution in [0, 0.1) is 0 Å². The zero-order valence-electron chi connectivity index (χ0n) is 13.6. The van der Waals surface area contributed by atoms with Crippen LogP contribution in [0.5, 0.6) is 0 Å². The lowest BCUT2D eigenvalue weighted by Gasteiger charge is -2.18. The van der Waals surface area contributed by atoms with E-state index < -0.39 is 0 Å². The SMILES string of the molecule is Nc1nc2c(c(NC[C@H]3CCCO3)n1)CCN(c1nccs1)CC2. The summed E-state index contributed by atoms with van der Waals surface area (Å²) in [6.07, 6.45) is 6.12. The van der Waals surface area contributed by atoms with Gasteiger partial charge in [0, 0.05) is 49.8 Å². The van der Waals surface area contributed by atoms with Gasteiger partial charge in [-0.3, -0.25) is 0 Å². The molecule has 1 atom stereocenters. The first kappa shape index (κ1) is 15.6. The Hall–Kier alpha value is -1.93. The van der Waals surface area contributed by atoms with Gasteiger partial charge in [0.2, 0.25) is 5.95 Å². The first-order chi connectivity index (χ1) is 11.8. The second kappa shape index (κ2) is 6.90. The lowest BCUT2D eigenvalue weighted by atomic mass is 10.1. The van der Waals surface area contributed by atoms with Gasteiger partial charge in [0.05, 0.1) is 11.8 Å². The third-order valence-electron chi connectivity index (χ3n) is 4.57. The van der Waals surface area contributed by atoms with Crippen molar-refractivity contribution in [1.82, 2.24) is 15.0 Å². The summed E-state index contributed by atoms with van der Waals surface area (Å²) in [7, 11) is 0. The maximum Gasteiger partial charge on any atom is 0.222 e. The van der Waals surface area contributed by atoms with Crippen LogP contribution in [0.4, 0.5) is 16.9 Å². The Morgan fingerprint density at radius 1 is 1.33 bits per heavy atom. The molecule has 4 heterocycles. The minimum absolute atomic E-state index is 0.273. The van der Waals surface area contributed by atoms with Crippen LogP contribution in [0.25, 0.3) is 0 Å². The Kier molecular flexibility index (Phi) is 4.48. The fourth-order valence-electron chi connectivity index (χ4n) is 3.34. The minimum atomic E-state index is 0.273. The number of nitrogens with one attached hydrogen (secondary N) is 1. The highest BCUT2D eigenvalue weighted by molar-refractivity contribution is 7.13. The summed E-state index contributed by atoms with van der Waals surface area (Å²) in [5.41, 5.74) is 8.16. The van der Waals surface area contributed by atoms with Crippen molar-refractivity contribution in [2.24, 2.45) is 0 Å². The monoisotopic (exact) mass is 346 g/mol. The third kappa shape index (κ3) is 3.29. The van der Waals surface area contributed by atoms with Crippen LogP contribution in [0.3, 0.4) is 0 Å². The van der Waals surface area contributed by atoms with E-state index >= 15 is 0 Å². The van der Waals surface area contributed by atoms with Crippen molar-refractivity contribution >= 4 is 28.2 Å². The van der Waals surface area contributed by atoms with Gasteiger partial charge in [0.15, 0.2) is 5.13 Å². The number of thiazole rings is 1. The number of rotatable bonds is 4. The number of nitrogens with two attached hydrogens (primary N) is 1. The lowest BCUT2D eigenvalue weighted by Crippen LogP contribution is -2.25. The Morgan fingerprint density at radius 3 is 3.04 bits per heavy atom. The van der Waals surface area contributed by atoms with Gasteiger partial charge >= 0.3 is 0 Å². The molecule has 0 amide bonds. The van der Waals surface area contributed by atoms with E-state index in [4.69, 9.17) is 10.5 Å². The molecule has 0 radical (unpaired) electrons. The highest BCUT2D eigenvalue weighted by atomic mass is 32.1. The van der Waals surface area contributed by atoms with Crippen LogP contribution in [-0.2, 0) is 17.6 Å². The maximum absolute atomic E-state index is 5.93. The molecule has 0 saturated carbocycles. The molecule has 8 heteroatoms. The number of fused-ring (bicyclic) bond motifs is 1. The van der Waals surface area contributed by atoms with E-state index in [9.17, 15) is 0 Å². The average Bonchev–Trinajstić information content (AvgIpc) is 3.24. The van der Waals surface area contributed by atoms with Gasteiger partial charge in [-0.2, -0.15) is 4.98 Å². The predicted molar refractivity (Wildman–Crippen MR) is 95.6 cm³/mol. The quantitative estimate of drug-likeness (QED) is 0.871. The average molecular weight is 346 g/mol. The molecular formula is C16H22N6OS. The van der Waals surface area contributed by atoms with Crippen molar-refractivity contribution in [1.29, 1.82) is 0 Å². The molecule has 3 N–H and O–H groups in total.